The van der Waals surface area contributed by atoms with Gasteiger partial charge in [-0.05, 0) is 57.7 Å². The van der Waals surface area contributed by atoms with Gasteiger partial charge in [-0.15, -0.1) is 0 Å². The van der Waals surface area contributed by atoms with Crippen LogP contribution in [0, 0.1) is 11.7 Å². The largest absolute Gasteiger partial charge is 0.443 e. The molecule has 1 heterocycles. The van der Waals surface area contributed by atoms with E-state index in [2.05, 4.69) is 0 Å². The van der Waals surface area contributed by atoms with Crippen LogP contribution in [0.15, 0.2) is 18.2 Å². The molecule has 2 rings (SSSR count). The standard InChI is InChI=1S/C17H21ClFNO3/c1-17(2,3)23-16(22)20-8-4-5-12(15(20)21)9-11-6-7-13(18)14(19)10-11/h6-7,10,12H,4-5,8-9H2,1-3H3. The fourth-order valence-corrected chi connectivity index (χ4v) is 2.71. The summed E-state index contributed by atoms with van der Waals surface area (Å²) in [6, 6.07) is 4.51. The van der Waals surface area contributed by atoms with Gasteiger partial charge in [0, 0.05) is 12.5 Å². The van der Waals surface area contributed by atoms with E-state index in [0.29, 0.717) is 31.4 Å². The van der Waals surface area contributed by atoms with Crippen LogP contribution in [0.1, 0.15) is 39.2 Å². The third-order valence-electron chi connectivity index (χ3n) is 3.63. The number of amides is 2. The van der Waals surface area contributed by atoms with E-state index < -0.39 is 17.5 Å². The predicted octanol–water partition coefficient (Wildman–Crippen LogP) is 4.20. The Hall–Kier alpha value is -1.62. The van der Waals surface area contributed by atoms with E-state index in [4.69, 9.17) is 16.3 Å². The summed E-state index contributed by atoms with van der Waals surface area (Å²) in [5.74, 6) is -1.12. The molecule has 1 saturated heterocycles. The molecule has 0 aromatic heterocycles. The number of likely N-dealkylation sites (tertiary alicyclic amines) is 1. The fraction of sp³-hybridized carbons (Fsp3) is 0.529. The Morgan fingerprint density at radius 3 is 2.74 bits per heavy atom. The van der Waals surface area contributed by atoms with Crippen LogP contribution in [0.25, 0.3) is 0 Å². The number of rotatable bonds is 2. The lowest BCUT2D eigenvalue weighted by atomic mass is 9.90. The van der Waals surface area contributed by atoms with Gasteiger partial charge < -0.3 is 4.74 Å². The monoisotopic (exact) mass is 341 g/mol. The number of hydrogen-bond acceptors (Lipinski definition) is 3. The van der Waals surface area contributed by atoms with Crippen molar-refractivity contribution in [3.63, 3.8) is 0 Å². The lowest BCUT2D eigenvalue weighted by molar-refractivity contribution is -0.137. The molecule has 1 aliphatic heterocycles. The molecule has 126 valence electrons. The highest BCUT2D eigenvalue weighted by Gasteiger charge is 2.35. The van der Waals surface area contributed by atoms with Crippen LogP contribution >= 0.6 is 11.6 Å². The zero-order chi connectivity index (χ0) is 17.2. The molecule has 0 saturated carbocycles. The average molecular weight is 342 g/mol. The molecular weight excluding hydrogens is 321 g/mol. The Bertz CT molecular complexity index is 612. The molecule has 1 aromatic rings. The van der Waals surface area contributed by atoms with Gasteiger partial charge in [0.15, 0.2) is 0 Å². The van der Waals surface area contributed by atoms with Gasteiger partial charge >= 0.3 is 6.09 Å². The van der Waals surface area contributed by atoms with E-state index in [-0.39, 0.29) is 16.8 Å². The maximum atomic E-state index is 13.5. The average Bonchev–Trinajstić information content (AvgIpc) is 2.43. The van der Waals surface area contributed by atoms with Crippen LogP contribution in [0.5, 0.6) is 0 Å². The van der Waals surface area contributed by atoms with Crippen LogP contribution < -0.4 is 0 Å². The van der Waals surface area contributed by atoms with E-state index in [1.54, 1.807) is 26.8 Å². The van der Waals surface area contributed by atoms with E-state index in [9.17, 15) is 14.0 Å². The quantitative estimate of drug-likeness (QED) is 0.810. The van der Waals surface area contributed by atoms with E-state index in [0.717, 1.165) is 4.90 Å². The summed E-state index contributed by atoms with van der Waals surface area (Å²) in [5.41, 5.74) is 0.0418. The van der Waals surface area contributed by atoms with Crippen molar-refractivity contribution in [2.24, 2.45) is 5.92 Å². The third-order valence-corrected chi connectivity index (χ3v) is 3.94. The van der Waals surface area contributed by atoms with Crippen molar-refractivity contribution < 1.29 is 18.7 Å². The molecule has 2 amide bonds. The Labute approximate surface area is 140 Å². The van der Waals surface area contributed by atoms with Crippen molar-refractivity contribution in [3.8, 4) is 0 Å². The topological polar surface area (TPSA) is 46.6 Å². The number of piperidine rings is 1. The molecule has 0 aliphatic carbocycles. The second kappa shape index (κ2) is 6.87. The van der Waals surface area contributed by atoms with Gasteiger partial charge in [0.2, 0.25) is 5.91 Å². The summed E-state index contributed by atoms with van der Waals surface area (Å²) in [5, 5.41) is 0.0547. The molecule has 1 aliphatic rings. The molecule has 1 aromatic carbocycles. The smallest absolute Gasteiger partial charge is 0.417 e. The number of nitrogens with zero attached hydrogens (tertiary/aromatic N) is 1. The second-order valence-electron chi connectivity index (χ2n) is 6.76. The lowest BCUT2D eigenvalue weighted by Crippen LogP contribution is -2.47. The summed E-state index contributed by atoms with van der Waals surface area (Å²) in [6.07, 6.45) is 1.15. The summed E-state index contributed by atoms with van der Waals surface area (Å²) in [6.45, 7) is 5.63. The minimum Gasteiger partial charge on any atom is -0.443 e. The van der Waals surface area contributed by atoms with Crippen molar-refractivity contribution in [2.75, 3.05) is 6.54 Å². The maximum absolute atomic E-state index is 13.5. The molecule has 1 atom stereocenters. The van der Waals surface area contributed by atoms with Crippen molar-refractivity contribution >= 4 is 23.6 Å². The molecule has 1 unspecified atom stereocenters. The minimum atomic E-state index is -0.649. The Balaban J connectivity index is 2.07. The highest BCUT2D eigenvalue weighted by atomic mass is 35.5. The number of imide groups is 1. The summed E-state index contributed by atoms with van der Waals surface area (Å²) in [4.78, 5) is 25.8. The Kier molecular flexibility index (Phi) is 5.30. The molecule has 23 heavy (non-hydrogen) atoms. The van der Waals surface area contributed by atoms with Gasteiger partial charge in [-0.25, -0.2) is 14.1 Å². The zero-order valence-corrected chi connectivity index (χ0v) is 14.3. The highest BCUT2D eigenvalue weighted by Crippen LogP contribution is 2.25. The van der Waals surface area contributed by atoms with Gasteiger partial charge in [0.1, 0.15) is 11.4 Å². The fourth-order valence-electron chi connectivity index (χ4n) is 2.59. The summed E-state index contributed by atoms with van der Waals surface area (Å²) >= 11 is 5.67. The van der Waals surface area contributed by atoms with E-state index in [1.165, 1.54) is 12.1 Å². The lowest BCUT2D eigenvalue weighted by Gasteiger charge is -2.32. The maximum Gasteiger partial charge on any atom is 0.417 e. The molecule has 1 fully saturated rings. The van der Waals surface area contributed by atoms with Gasteiger partial charge in [-0.2, -0.15) is 0 Å². The number of hydrogen-bond donors (Lipinski definition) is 0. The molecule has 0 N–H and O–H groups in total. The van der Waals surface area contributed by atoms with Crippen molar-refractivity contribution in [2.45, 2.75) is 45.6 Å². The van der Waals surface area contributed by atoms with Crippen LogP contribution in [0.2, 0.25) is 5.02 Å². The number of benzene rings is 1. The summed E-state index contributed by atoms with van der Waals surface area (Å²) in [7, 11) is 0. The molecular formula is C17H21ClFNO3. The third kappa shape index (κ3) is 4.67. The SMILES string of the molecule is CC(C)(C)OC(=O)N1CCCC(Cc2ccc(Cl)c(F)c2)C1=O. The molecule has 4 nitrogen and oxygen atoms in total. The van der Waals surface area contributed by atoms with E-state index in [1.807, 2.05) is 0 Å². The second-order valence-corrected chi connectivity index (χ2v) is 7.17. The van der Waals surface area contributed by atoms with Gasteiger partial charge in [0.25, 0.3) is 0 Å². The summed E-state index contributed by atoms with van der Waals surface area (Å²) < 4.78 is 18.8. The first kappa shape index (κ1) is 17.7. The molecule has 6 heteroatoms. The van der Waals surface area contributed by atoms with Crippen LogP contribution in [-0.4, -0.2) is 29.0 Å². The minimum absolute atomic E-state index is 0.0547. The number of carbonyl (C=O) groups excluding carboxylic acids is 2. The first-order valence-corrected chi connectivity index (χ1v) is 8.03. The van der Waals surface area contributed by atoms with E-state index >= 15 is 0 Å². The number of halogens is 2. The molecule has 0 bridgehead atoms. The molecule has 0 spiro atoms. The van der Waals surface area contributed by atoms with Gasteiger partial charge in [0.05, 0.1) is 5.02 Å². The first-order valence-electron chi connectivity index (χ1n) is 7.65. The highest BCUT2D eigenvalue weighted by molar-refractivity contribution is 6.30. The van der Waals surface area contributed by atoms with Gasteiger partial charge in [-0.3, -0.25) is 4.79 Å². The van der Waals surface area contributed by atoms with Crippen LogP contribution in [0.3, 0.4) is 0 Å². The Morgan fingerprint density at radius 1 is 1.43 bits per heavy atom. The van der Waals surface area contributed by atoms with Crippen LogP contribution in [0.4, 0.5) is 9.18 Å². The van der Waals surface area contributed by atoms with Crippen molar-refractivity contribution in [3.05, 3.63) is 34.6 Å². The van der Waals surface area contributed by atoms with Crippen molar-refractivity contribution in [1.29, 1.82) is 0 Å². The Morgan fingerprint density at radius 2 is 2.13 bits per heavy atom. The van der Waals surface area contributed by atoms with Gasteiger partial charge in [-0.1, -0.05) is 17.7 Å². The zero-order valence-electron chi connectivity index (χ0n) is 13.6. The normalized spacial score (nSPS) is 18.9. The molecule has 0 radical (unpaired) electrons. The van der Waals surface area contributed by atoms with Crippen LogP contribution in [-0.2, 0) is 16.0 Å². The number of ether oxygens (including phenoxy) is 1. The predicted molar refractivity (Wildman–Crippen MR) is 85.8 cm³/mol. The van der Waals surface area contributed by atoms with Crippen molar-refractivity contribution in [1.82, 2.24) is 4.90 Å². The number of carbonyl (C=O) groups is 2. The first-order chi connectivity index (χ1) is 10.7.